The van der Waals surface area contributed by atoms with Gasteiger partial charge in [-0.3, -0.25) is 9.69 Å². The van der Waals surface area contributed by atoms with E-state index in [1.165, 1.54) is 0 Å². The third kappa shape index (κ3) is 4.07. The number of likely N-dealkylation sites (tertiary alicyclic amines) is 1. The molecule has 1 aliphatic heterocycles. The van der Waals surface area contributed by atoms with Crippen molar-refractivity contribution in [2.75, 3.05) is 18.4 Å². The van der Waals surface area contributed by atoms with E-state index in [-0.39, 0.29) is 11.9 Å². The fourth-order valence-corrected chi connectivity index (χ4v) is 4.38. The van der Waals surface area contributed by atoms with Gasteiger partial charge < -0.3 is 5.32 Å². The highest BCUT2D eigenvalue weighted by Gasteiger charge is 2.29. The van der Waals surface area contributed by atoms with Crippen molar-refractivity contribution in [3.8, 4) is 5.69 Å². The summed E-state index contributed by atoms with van der Waals surface area (Å²) in [6.07, 6.45) is 2.08. The van der Waals surface area contributed by atoms with E-state index in [2.05, 4.69) is 21.4 Å². The number of aryl methyl sites for hydroxylation is 1. The van der Waals surface area contributed by atoms with Crippen LogP contribution >= 0.6 is 11.6 Å². The van der Waals surface area contributed by atoms with Gasteiger partial charge in [-0.2, -0.15) is 5.10 Å². The zero-order valence-corrected chi connectivity index (χ0v) is 17.5. The van der Waals surface area contributed by atoms with Gasteiger partial charge >= 0.3 is 0 Å². The minimum Gasteiger partial charge on any atom is -0.322 e. The maximum Gasteiger partial charge on any atom is 0.238 e. The van der Waals surface area contributed by atoms with Crippen molar-refractivity contribution >= 4 is 23.2 Å². The number of halogens is 1. The van der Waals surface area contributed by atoms with Crippen molar-refractivity contribution in [1.29, 1.82) is 0 Å². The van der Waals surface area contributed by atoms with Gasteiger partial charge in [0.1, 0.15) is 0 Å². The Morgan fingerprint density at radius 1 is 1.14 bits per heavy atom. The standard InChI is InChI=1S/C23H25ClN4O/c1-16-23(17(2)28(26-16)18-9-4-3-5-10-18)25-22(29)15-27-14-8-13-21(27)19-11-6-7-12-20(19)24/h3-7,9-12,21H,8,13-15H2,1-2H3,(H,25,29). The van der Waals surface area contributed by atoms with Crippen LogP contribution < -0.4 is 5.32 Å². The van der Waals surface area contributed by atoms with Crippen molar-refractivity contribution in [3.05, 3.63) is 76.6 Å². The van der Waals surface area contributed by atoms with E-state index in [0.717, 1.165) is 52.7 Å². The fourth-order valence-electron chi connectivity index (χ4n) is 4.12. The maximum absolute atomic E-state index is 12.9. The molecule has 0 radical (unpaired) electrons. The summed E-state index contributed by atoms with van der Waals surface area (Å²) >= 11 is 6.40. The second kappa shape index (κ2) is 8.39. The number of anilines is 1. The number of carbonyl (C=O) groups is 1. The highest BCUT2D eigenvalue weighted by atomic mass is 35.5. The third-order valence-electron chi connectivity index (χ3n) is 5.53. The van der Waals surface area contributed by atoms with Gasteiger partial charge in [-0.1, -0.05) is 48.0 Å². The highest BCUT2D eigenvalue weighted by molar-refractivity contribution is 6.31. The first-order chi connectivity index (χ1) is 14.0. The zero-order valence-electron chi connectivity index (χ0n) is 16.7. The van der Waals surface area contributed by atoms with Crippen LogP contribution in [0.4, 0.5) is 5.69 Å². The lowest BCUT2D eigenvalue weighted by molar-refractivity contribution is -0.117. The molecule has 150 valence electrons. The van der Waals surface area contributed by atoms with E-state index in [1.807, 2.05) is 67.1 Å². The molecule has 2 heterocycles. The average molecular weight is 409 g/mol. The third-order valence-corrected chi connectivity index (χ3v) is 5.88. The Bertz CT molecular complexity index is 1010. The van der Waals surface area contributed by atoms with Gasteiger partial charge in [-0.25, -0.2) is 4.68 Å². The lowest BCUT2D eigenvalue weighted by Crippen LogP contribution is -2.33. The van der Waals surface area contributed by atoms with Crippen LogP contribution in [0.5, 0.6) is 0 Å². The number of rotatable bonds is 5. The smallest absolute Gasteiger partial charge is 0.238 e. The number of hydrogen-bond acceptors (Lipinski definition) is 3. The molecule has 1 atom stereocenters. The van der Waals surface area contributed by atoms with Gasteiger partial charge in [0.25, 0.3) is 0 Å². The van der Waals surface area contributed by atoms with E-state index >= 15 is 0 Å². The number of nitrogens with zero attached hydrogens (tertiary/aromatic N) is 3. The molecule has 6 heteroatoms. The molecule has 1 unspecified atom stereocenters. The molecule has 0 aliphatic carbocycles. The van der Waals surface area contributed by atoms with E-state index in [4.69, 9.17) is 11.6 Å². The Hall–Kier alpha value is -2.63. The van der Waals surface area contributed by atoms with Crippen LogP contribution in [-0.4, -0.2) is 33.7 Å². The topological polar surface area (TPSA) is 50.2 Å². The normalized spacial score (nSPS) is 16.9. The predicted octanol–water partition coefficient (Wildman–Crippen LogP) is 4.92. The molecule has 0 saturated carbocycles. The van der Waals surface area contributed by atoms with Gasteiger partial charge in [-0.15, -0.1) is 0 Å². The second-order valence-corrected chi connectivity index (χ2v) is 7.90. The van der Waals surface area contributed by atoms with Gasteiger partial charge in [0.05, 0.1) is 29.3 Å². The summed E-state index contributed by atoms with van der Waals surface area (Å²) in [5.74, 6) is -0.0252. The summed E-state index contributed by atoms with van der Waals surface area (Å²) in [5, 5.41) is 8.46. The number of benzene rings is 2. The molecule has 1 amide bonds. The summed E-state index contributed by atoms with van der Waals surface area (Å²) in [6, 6.07) is 18.0. The monoisotopic (exact) mass is 408 g/mol. The summed E-state index contributed by atoms with van der Waals surface area (Å²) in [6.45, 7) is 5.13. The fraction of sp³-hybridized carbons (Fsp3) is 0.304. The minimum absolute atomic E-state index is 0.0252. The van der Waals surface area contributed by atoms with Crippen LogP contribution in [0.3, 0.4) is 0 Å². The number of aromatic nitrogens is 2. The first kappa shape index (κ1) is 19.7. The Balaban J connectivity index is 1.49. The van der Waals surface area contributed by atoms with Crippen molar-refractivity contribution in [2.45, 2.75) is 32.7 Å². The largest absolute Gasteiger partial charge is 0.322 e. The molecule has 0 bridgehead atoms. The lowest BCUT2D eigenvalue weighted by Gasteiger charge is -2.25. The van der Waals surface area contributed by atoms with E-state index < -0.39 is 0 Å². The Kier molecular flexibility index (Phi) is 5.69. The zero-order chi connectivity index (χ0) is 20.4. The number of carbonyl (C=O) groups excluding carboxylic acids is 1. The Morgan fingerprint density at radius 2 is 1.86 bits per heavy atom. The van der Waals surface area contributed by atoms with Gasteiger partial charge in [0.2, 0.25) is 5.91 Å². The second-order valence-electron chi connectivity index (χ2n) is 7.49. The molecule has 29 heavy (non-hydrogen) atoms. The minimum atomic E-state index is -0.0252. The van der Waals surface area contributed by atoms with Crippen molar-refractivity contribution < 1.29 is 4.79 Å². The molecular weight excluding hydrogens is 384 g/mol. The van der Waals surface area contributed by atoms with Crippen LogP contribution in [0.1, 0.15) is 35.8 Å². The molecule has 1 fully saturated rings. The molecule has 1 saturated heterocycles. The summed E-state index contributed by atoms with van der Waals surface area (Å²) < 4.78 is 1.87. The number of nitrogens with one attached hydrogen (secondary N) is 1. The van der Waals surface area contributed by atoms with Crippen LogP contribution in [0, 0.1) is 13.8 Å². The summed E-state index contributed by atoms with van der Waals surface area (Å²) in [4.78, 5) is 15.1. The van der Waals surface area contributed by atoms with Crippen molar-refractivity contribution in [2.24, 2.45) is 0 Å². The molecule has 3 aromatic rings. The summed E-state index contributed by atoms with van der Waals surface area (Å²) in [7, 11) is 0. The molecule has 1 aliphatic rings. The molecule has 5 nitrogen and oxygen atoms in total. The Labute approximate surface area is 176 Å². The van der Waals surface area contributed by atoms with Crippen molar-refractivity contribution in [1.82, 2.24) is 14.7 Å². The number of para-hydroxylation sites is 1. The summed E-state index contributed by atoms with van der Waals surface area (Å²) in [5.41, 5.74) is 4.60. The van der Waals surface area contributed by atoms with E-state index in [0.29, 0.717) is 6.54 Å². The highest BCUT2D eigenvalue weighted by Crippen LogP contribution is 2.35. The first-order valence-electron chi connectivity index (χ1n) is 9.94. The molecule has 1 N–H and O–H groups in total. The number of amides is 1. The van der Waals surface area contributed by atoms with Crippen LogP contribution in [0.15, 0.2) is 54.6 Å². The van der Waals surface area contributed by atoms with Gasteiger partial charge in [0, 0.05) is 11.1 Å². The van der Waals surface area contributed by atoms with Crippen molar-refractivity contribution in [3.63, 3.8) is 0 Å². The van der Waals surface area contributed by atoms with Crippen LogP contribution in [-0.2, 0) is 4.79 Å². The maximum atomic E-state index is 12.9. The lowest BCUT2D eigenvalue weighted by atomic mass is 10.0. The van der Waals surface area contributed by atoms with Gasteiger partial charge in [0.15, 0.2) is 0 Å². The van der Waals surface area contributed by atoms with E-state index in [1.54, 1.807) is 0 Å². The average Bonchev–Trinajstić information content (AvgIpc) is 3.28. The molecule has 2 aromatic carbocycles. The SMILES string of the molecule is Cc1nn(-c2ccccc2)c(C)c1NC(=O)CN1CCCC1c1ccccc1Cl. The number of hydrogen-bond donors (Lipinski definition) is 1. The molecular formula is C23H25ClN4O. The molecule has 0 spiro atoms. The predicted molar refractivity (Wildman–Crippen MR) is 117 cm³/mol. The van der Waals surface area contributed by atoms with Crippen LogP contribution in [0.2, 0.25) is 5.02 Å². The Morgan fingerprint density at radius 3 is 2.62 bits per heavy atom. The molecule has 1 aromatic heterocycles. The van der Waals surface area contributed by atoms with Crippen LogP contribution in [0.25, 0.3) is 5.69 Å². The first-order valence-corrected chi connectivity index (χ1v) is 10.3. The quantitative estimate of drug-likeness (QED) is 0.652. The van der Waals surface area contributed by atoms with Gasteiger partial charge in [-0.05, 0) is 57.0 Å². The molecule has 4 rings (SSSR count). The van der Waals surface area contributed by atoms with E-state index in [9.17, 15) is 4.79 Å².